The first kappa shape index (κ1) is 23.1. The maximum absolute atomic E-state index is 13.5. The van der Waals surface area contributed by atoms with Crippen molar-refractivity contribution < 1.29 is 14.3 Å². The van der Waals surface area contributed by atoms with E-state index in [0.717, 1.165) is 24.3 Å². The van der Waals surface area contributed by atoms with E-state index in [0.29, 0.717) is 29.4 Å². The Hall–Kier alpha value is -3.71. The van der Waals surface area contributed by atoms with E-state index >= 15 is 0 Å². The van der Waals surface area contributed by atoms with Gasteiger partial charge in [0.05, 0.1) is 30.0 Å². The van der Waals surface area contributed by atoms with E-state index in [1.165, 1.54) is 37.3 Å². The van der Waals surface area contributed by atoms with E-state index in [4.69, 9.17) is 4.74 Å². The molecule has 0 bridgehead atoms. The van der Waals surface area contributed by atoms with Crippen LogP contribution in [0.2, 0.25) is 0 Å². The van der Waals surface area contributed by atoms with Crippen LogP contribution in [-0.2, 0) is 11.2 Å². The number of carbonyl (C=O) groups is 2. The molecule has 0 radical (unpaired) electrons. The van der Waals surface area contributed by atoms with Crippen LogP contribution in [0.15, 0.2) is 66.9 Å². The van der Waals surface area contributed by atoms with Crippen molar-refractivity contribution in [1.82, 2.24) is 9.88 Å². The Morgan fingerprint density at radius 3 is 2.60 bits per heavy atom. The van der Waals surface area contributed by atoms with Crippen molar-refractivity contribution in [2.45, 2.75) is 32.1 Å². The molecular weight excluding hydrogens is 440 g/mol. The number of hydrogen-bond donors (Lipinski definition) is 1. The lowest BCUT2D eigenvalue weighted by Gasteiger charge is -2.26. The number of anilines is 3. The maximum Gasteiger partial charge on any atom is 0.257 e. The molecule has 5 rings (SSSR count). The Bertz CT molecular complexity index is 1190. The molecule has 2 aromatic carbocycles. The second-order valence-corrected chi connectivity index (χ2v) is 9.00. The number of benzene rings is 2. The summed E-state index contributed by atoms with van der Waals surface area (Å²) in [6.45, 7) is 4.17. The highest BCUT2D eigenvalue weighted by Gasteiger charge is 2.30. The molecule has 1 saturated heterocycles. The van der Waals surface area contributed by atoms with Gasteiger partial charge in [0.1, 0.15) is 5.75 Å². The number of amides is 2. The van der Waals surface area contributed by atoms with Gasteiger partial charge in [0.25, 0.3) is 5.91 Å². The van der Waals surface area contributed by atoms with Gasteiger partial charge in [0.2, 0.25) is 5.91 Å². The van der Waals surface area contributed by atoms with Crippen molar-refractivity contribution in [2.24, 2.45) is 0 Å². The molecule has 35 heavy (non-hydrogen) atoms. The van der Waals surface area contributed by atoms with Crippen molar-refractivity contribution >= 4 is 29.0 Å². The number of pyridine rings is 1. The zero-order valence-corrected chi connectivity index (χ0v) is 19.8. The van der Waals surface area contributed by atoms with E-state index in [1.54, 1.807) is 36.5 Å². The first-order valence-electron chi connectivity index (χ1n) is 12.3. The summed E-state index contributed by atoms with van der Waals surface area (Å²) in [6.07, 6.45) is 6.76. The minimum Gasteiger partial charge on any atom is -0.494 e. The number of piperidine rings is 1. The number of fused-ring (bicyclic) bond motifs is 2. The number of ether oxygens (including phenoxy) is 1. The SMILES string of the molecule is O=C1Nc2cccnc2N(C(=O)Cc2ccc(OCCCN3CCCCC3)cc2)c2ccccc21. The minimum atomic E-state index is -0.257. The second-order valence-electron chi connectivity index (χ2n) is 9.00. The number of aromatic nitrogens is 1. The highest BCUT2D eigenvalue weighted by Crippen LogP contribution is 2.36. The summed E-state index contributed by atoms with van der Waals surface area (Å²) >= 11 is 0. The smallest absolute Gasteiger partial charge is 0.257 e. The Labute approximate surface area is 205 Å². The third-order valence-corrected chi connectivity index (χ3v) is 6.50. The van der Waals surface area contributed by atoms with Gasteiger partial charge in [-0.25, -0.2) is 4.98 Å². The highest BCUT2D eigenvalue weighted by atomic mass is 16.5. The largest absolute Gasteiger partial charge is 0.494 e. The molecule has 0 atom stereocenters. The number of nitrogens with one attached hydrogen (secondary N) is 1. The van der Waals surface area contributed by atoms with Crippen molar-refractivity contribution in [2.75, 3.05) is 36.5 Å². The molecule has 2 aliphatic heterocycles. The van der Waals surface area contributed by atoms with Crippen molar-refractivity contribution in [3.63, 3.8) is 0 Å². The Morgan fingerprint density at radius 2 is 1.77 bits per heavy atom. The van der Waals surface area contributed by atoms with Crippen LogP contribution < -0.4 is 15.0 Å². The number of carbonyl (C=O) groups excluding carboxylic acids is 2. The Morgan fingerprint density at radius 1 is 0.971 bits per heavy atom. The molecule has 1 fully saturated rings. The molecule has 1 N–H and O–H groups in total. The summed E-state index contributed by atoms with van der Waals surface area (Å²) in [5, 5.41) is 2.87. The summed E-state index contributed by atoms with van der Waals surface area (Å²) in [7, 11) is 0. The lowest BCUT2D eigenvalue weighted by Crippen LogP contribution is -2.31. The van der Waals surface area contributed by atoms with Gasteiger partial charge in [0.15, 0.2) is 5.82 Å². The van der Waals surface area contributed by atoms with Gasteiger partial charge in [-0.2, -0.15) is 0 Å². The number of nitrogens with zero attached hydrogens (tertiary/aromatic N) is 3. The van der Waals surface area contributed by atoms with Gasteiger partial charge >= 0.3 is 0 Å². The van der Waals surface area contributed by atoms with Crippen LogP contribution in [-0.4, -0.2) is 47.9 Å². The second kappa shape index (κ2) is 10.7. The molecule has 0 unspecified atom stereocenters. The number of rotatable bonds is 7. The van der Waals surface area contributed by atoms with Crippen LogP contribution in [0.1, 0.15) is 41.6 Å². The molecule has 2 amide bonds. The Balaban J connectivity index is 1.25. The third-order valence-electron chi connectivity index (χ3n) is 6.50. The summed E-state index contributed by atoms with van der Waals surface area (Å²) < 4.78 is 5.92. The topological polar surface area (TPSA) is 74.8 Å². The third kappa shape index (κ3) is 5.35. The quantitative estimate of drug-likeness (QED) is 0.502. The molecule has 1 aromatic heterocycles. The zero-order chi connectivity index (χ0) is 24.0. The average Bonchev–Trinajstić information content (AvgIpc) is 3.02. The van der Waals surface area contributed by atoms with Gasteiger partial charge in [-0.15, -0.1) is 0 Å². The molecule has 3 heterocycles. The van der Waals surface area contributed by atoms with Gasteiger partial charge in [-0.05, 0) is 74.3 Å². The van der Waals surface area contributed by atoms with Crippen molar-refractivity contribution in [3.8, 4) is 5.75 Å². The van der Waals surface area contributed by atoms with Crippen LogP contribution in [0.25, 0.3) is 0 Å². The molecule has 7 heteroatoms. The molecule has 0 saturated carbocycles. The van der Waals surface area contributed by atoms with Crippen LogP contribution in [0.3, 0.4) is 0 Å². The van der Waals surface area contributed by atoms with Gasteiger partial charge in [-0.1, -0.05) is 30.7 Å². The molecule has 2 aliphatic rings. The molecule has 7 nitrogen and oxygen atoms in total. The van der Waals surface area contributed by atoms with Crippen LogP contribution in [0, 0.1) is 0 Å². The average molecular weight is 471 g/mol. The lowest BCUT2D eigenvalue weighted by atomic mass is 10.1. The fourth-order valence-electron chi connectivity index (χ4n) is 4.71. The fourth-order valence-corrected chi connectivity index (χ4v) is 4.71. The molecule has 3 aromatic rings. The normalized spacial score (nSPS) is 15.5. The summed E-state index contributed by atoms with van der Waals surface area (Å²) in [4.78, 5) is 34.7. The van der Waals surface area contributed by atoms with Crippen LogP contribution in [0.5, 0.6) is 5.75 Å². The lowest BCUT2D eigenvalue weighted by molar-refractivity contribution is -0.117. The number of likely N-dealkylation sites (tertiary alicyclic amines) is 1. The van der Waals surface area contributed by atoms with E-state index < -0.39 is 0 Å². The Kier molecular flexibility index (Phi) is 7.04. The number of para-hydroxylation sites is 1. The first-order chi connectivity index (χ1) is 17.2. The first-order valence-corrected chi connectivity index (χ1v) is 12.3. The van der Waals surface area contributed by atoms with Crippen molar-refractivity contribution in [3.05, 3.63) is 78.0 Å². The minimum absolute atomic E-state index is 0.163. The molecule has 0 spiro atoms. The summed E-state index contributed by atoms with van der Waals surface area (Å²) in [6, 6.07) is 18.3. The van der Waals surface area contributed by atoms with Gasteiger partial charge in [0, 0.05) is 12.7 Å². The summed E-state index contributed by atoms with van der Waals surface area (Å²) in [5.74, 6) is 0.808. The monoisotopic (exact) mass is 470 g/mol. The standard InChI is InChI=1S/C28H30N4O3/c33-26(20-21-11-13-22(14-12-21)35-19-7-18-31-16-4-1-5-17-31)32-25-10-3-2-8-23(25)28(34)30-24-9-6-15-29-27(24)32/h2-3,6,8-15H,1,4-5,7,16-20H2,(H,30,34). The van der Waals surface area contributed by atoms with Crippen molar-refractivity contribution in [1.29, 1.82) is 0 Å². The summed E-state index contributed by atoms with van der Waals surface area (Å²) in [5.41, 5.74) is 2.35. The van der Waals surface area contributed by atoms with Crippen LogP contribution >= 0.6 is 0 Å². The maximum atomic E-state index is 13.5. The van der Waals surface area contributed by atoms with E-state index in [-0.39, 0.29) is 18.2 Å². The van der Waals surface area contributed by atoms with Crippen LogP contribution in [0.4, 0.5) is 17.2 Å². The van der Waals surface area contributed by atoms with Gasteiger partial charge in [-0.3, -0.25) is 14.5 Å². The van der Waals surface area contributed by atoms with E-state index in [9.17, 15) is 9.59 Å². The van der Waals surface area contributed by atoms with E-state index in [2.05, 4.69) is 15.2 Å². The zero-order valence-electron chi connectivity index (χ0n) is 19.8. The predicted molar refractivity (Wildman–Crippen MR) is 136 cm³/mol. The van der Waals surface area contributed by atoms with E-state index in [1.807, 2.05) is 30.3 Å². The molecule has 180 valence electrons. The fraction of sp³-hybridized carbons (Fsp3) is 0.321. The molecule has 0 aliphatic carbocycles. The van der Waals surface area contributed by atoms with Gasteiger partial charge < -0.3 is 15.0 Å². The molecular formula is C28H30N4O3. The predicted octanol–water partition coefficient (Wildman–Crippen LogP) is 4.81. The number of hydrogen-bond acceptors (Lipinski definition) is 5. The highest BCUT2D eigenvalue weighted by molar-refractivity contribution is 6.17.